The highest BCUT2D eigenvalue weighted by atomic mass is 19.1. The van der Waals surface area contributed by atoms with Crippen LogP contribution in [-0.4, -0.2) is 23.2 Å². The molecule has 3 nitrogen and oxygen atoms in total. The predicted octanol–water partition coefficient (Wildman–Crippen LogP) is 2.12. The minimum atomic E-state index is -0.431. The fraction of sp³-hybridized carbons (Fsp3) is 0.417. The molecule has 0 bridgehead atoms. The van der Waals surface area contributed by atoms with Gasteiger partial charge in [-0.05, 0) is 19.9 Å². The van der Waals surface area contributed by atoms with Crippen LogP contribution in [-0.2, 0) is 6.61 Å². The van der Waals surface area contributed by atoms with Crippen LogP contribution in [0.4, 0.5) is 10.2 Å². The second-order valence-corrected chi connectivity index (χ2v) is 3.77. The maximum Gasteiger partial charge on any atom is 0.142 e. The number of aliphatic hydroxyl groups is 1. The van der Waals surface area contributed by atoms with E-state index in [-0.39, 0.29) is 6.61 Å². The zero-order chi connectivity index (χ0) is 12.1. The molecule has 0 saturated carbocycles. The molecule has 1 heterocycles. The van der Waals surface area contributed by atoms with Crippen LogP contribution in [0, 0.1) is 5.82 Å². The Bertz CT molecular complexity index is 379. The molecule has 88 valence electrons. The number of aliphatic hydroxyl groups excluding tert-OH is 1. The monoisotopic (exact) mass is 224 g/mol. The van der Waals surface area contributed by atoms with E-state index in [0.717, 1.165) is 18.3 Å². The number of nitrogens with zero attached hydrogens (tertiary/aromatic N) is 2. The molecule has 0 amide bonds. The van der Waals surface area contributed by atoms with Gasteiger partial charge in [0.15, 0.2) is 0 Å². The summed E-state index contributed by atoms with van der Waals surface area (Å²) < 4.78 is 13.0. The van der Waals surface area contributed by atoms with Gasteiger partial charge in [0, 0.05) is 18.7 Å². The SMILES string of the molecule is C=C(C)CN(CC)c1ncc(F)cc1CO. The summed E-state index contributed by atoms with van der Waals surface area (Å²) in [5.74, 6) is 0.188. The van der Waals surface area contributed by atoms with Gasteiger partial charge in [0.2, 0.25) is 0 Å². The van der Waals surface area contributed by atoms with E-state index in [4.69, 9.17) is 5.11 Å². The molecule has 1 N–H and O–H groups in total. The number of likely N-dealkylation sites (N-methyl/N-ethyl adjacent to an activating group) is 1. The van der Waals surface area contributed by atoms with Gasteiger partial charge in [0.05, 0.1) is 12.8 Å². The lowest BCUT2D eigenvalue weighted by molar-refractivity contribution is 0.281. The molecule has 0 aliphatic carbocycles. The van der Waals surface area contributed by atoms with Gasteiger partial charge >= 0.3 is 0 Å². The third kappa shape index (κ3) is 3.03. The third-order valence-corrected chi connectivity index (χ3v) is 2.22. The Morgan fingerprint density at radius 1 is 1.62 bits per heavy atom. The second kappa shape index (κ2) is 5.61. The zero-order valence-electron chi connectivity index (χ0n) is 9.70. The van der Waals surface area contributed by atoms with Crippen molar-refractivity contribution in [2.24, 2.45) is 0 Å². The lowest BCUT2D eigenvalue weighted by Gasteiger charge is -2.24. The van der Waals surface area contributed by atoms with Crippen LogP contribution in [0.2, 0.25) is 0 Å². The van der Waals surface area contributed by atoms with Gasteiger partial charge in [0.25, 0.3) is 0 Å². The van der Waals surface area contributed by atoms with Crippen molar-refractivity contribution in [3.8, 4) is 0 Å². The molecule has 0 aromatic carbocycles. The highest BCUT2D eigenvalue weighted by molar-refractivity contribution is 5.47. The van der Waals surface area contributed by atoms with Crippen LogP contribution in [0.3, 0.4) is 0 Å². The number of anilines is 1. The first-order chi connectivity index (χ1) is 7.58. The molecule has 1 aromatic rings. The van der Waals surface area contributed by atoms with Gasteiger partial charge in [0.1, 0.15) is 11.6 Å². The van der Waals surface area contributed by atoms with Crippen molar-refractivity contribution in [3.05, 3.63) is 35.8 Å². The molecule has 1 rings (SSSR count). The summed E-state index contributed by atoms with van der Waals surface area (Å²) in [6, 6.07) is 1.31. The van der Waals surface area contributed by atoms with Gasteiger partial charge in [-0.25, -0.2) is 9.37 Å². The largest absolute Gasteiger partial charge is 0.392 e. The average Bonchev–Trinajstić information content (AvgIpc) is 2.25. The first-order valence-corrected chi connectivity index (χ1v) is 5.23. The van der Waals surface area contributed by atoms with Gasteiger partial charge < -0.3 is 10.0 Å². The van der Waals surface area contributed by atoms with E-state index in [1.165, 1.54) is 6.07 Å². The molecule has 0 atom stereocenters. The number of pyridine rings is 1. The Balaban J connectivity index is 3.03. The Kier molecular flexibility index (Phi) is 4.43. The molecule has 0 aliphatic rings. The first kappa shape index (κ1) is 12.6. The molecule has 16 heavy (non-hydrogen) atoms. The van der Waals surface area contributed by atoms with Crippen molar-refractivity contribution in [3.63, 3.8) is 0 Å². The van der Waals surface area contributed by atoms with E-state index >= 15 is 0 Å². The van der Waals surface area contributed by atoms with Crippen molar-refractivity contribution < 1.29 is 9.50 Å². The lowest BCUT2D eigenvalue weighted by Crippen LogP contribution is -2.26. The molecule has 0 aliphatic heterocycles. The van der Waals surface area contributed by atoms with Gasteiger partial charge in [-0.15, -0.1) is 0 Å². The standard InChI is InChI=1S/C12H17FN2O/c1-4-15(7-9(2)3)12-10(8-16)5-11(13)6-14-12/h5-6,16H,2,4,7-8H2,1,3H3. The molecular weight excluding hydrogens is 207 g/mol. The van der Waals surface area contributed by atoms with Crippen LogP contribution >= 0.6 is 0 Å². The van der Waals surface area contributed by atoms with E-state index in [1.54, 1.807) is 0 Å². The van der Waals surface area contributed by atoms with Gasteiger partial charge in [-0.3, -0.25) is 0 Å². The number of halogens is 1. The molecule has 0 fully saturated rings. The van der Waals surface area contributed by atoms with Crippen molar-refractivity contribution >= 4 is 5.82 Å². The van der Waals surface area contributed by atoms with E-state index in [9.17, 15) is 4.39 Å². The fourth-order valence-electron chi connectivity index (χ4n) is 1.54. The number of hydrogen-bond acceptors (Lipinski definition) is 3. The lowest BCUT2D eigenvalue weighted by atomic mass is 10.2. The van der Waals surface area contributed by atoms with Crippen molar-refractivity contribution in [1.82, 2.24) is 4.98 Å². The maximum atomic E-state index is 13.0. The Labute approximate surface area is 95.2 Å². The second-order valence-electron chi connectivity index (χ2n) is 3.77. The molecule has 0 saturated heterocycles. The summed E-state index contributed by atoms with van der Waals surface area (Å²) in [5, 5.41) is 9.17. The summed E-state index contributed by atoms with van der Waals surface area (Å²) >= 11 is 0. The summed E-state index contributed by atoms with van der Waals surface area (Å²) in [7, 11) is 0. The van der Waals surface area contributed by atoms with Gasteiger partial charge in [-0.1, -0.05) is 12.2 Å². The minimum absolute atomic E-state index is 0.215. The maximum absolute atomic E-state index is 13.0. The summed E-state index contributed by atoms with van der Waals surface area (Å²) in [6.45, 7) is 8.91. The third-order valence-electron chi connectivity index (χ3n) is 2.22. The quantitative estimate of drug-likeness (QED) is 0.778. The molecule has 0 unspecified atom stereocenters. The van der Waals surface area contributed by atoms with Crippen LogP contribution < -0.4 is 4.90 Å². The van der Waals surface area contributed by atoms with Crippen molar-refractivity contribution in [2.75, 3.05) is 18.0 Å². The Morgan fingerprint density at radius 2 is 2.31 bits per heavy atom. The van der Waals surface area contributed by atoms with E-state index in [0.29, 0.717) is 17.9 Å². The molecule has 4 heteroatoms. The average molecular weight is 224 g/mol. The highest BCUT2D eigenvalue weighted by Gasteiger charge is 2.11. The van der Waals surface area contributed by atoms with Crippen LogP contribution in [0.5, 0.6) is 0 Å². The summed E-state index contributed by atoms with van der Waals surface area (Å²) in [5.41, 5.74) is 1.50. The number of rotatable bonds is 5. The summed E-state index contributed by atoms with van der Waals surface area (Å²) in [4.78, 5) is 5.97. The predicted molar refractivity (Wildman–Crippen MR) is 62.8 cm³/mol. The normalized spacial score (nSPS) is 10.2. The zero-order valence-corrected chi connectivity index (χ0v) is 9.70. The highest BCUT2D eigenvalue weighted by Crippen LogP contribution is 2.19. The van der Waals surface area contributed by atoms with Crippen LogP contribution in [0.15, 0.2) is 24.4 Å². The Morgan fingerprint density at radius 3 is 2.81 bits per heavy atom. The molecule has 0 radical (unpaired) electrons. The molecule has 0 spiro atoms. The van der Waals surface area contributed by atoms with Gasteiger partial charge in [-0.2, -0.15) is 0 Å². The fourth-order valence-corrected chi connectivity index (χ4v) is 1.54. The summed E-state index contributed by atoms with van der Waals surface area (Å²) in [6.07, 6.45) is 1.16. The molecular formula is C12H17FN2O. The van der Waals surface area contributed by atoms with Crippen LogP contribution in [0.1, 0.15) is 19.4 Å². The topological polar surface area (TPSA) is 36.4 Å². The first-order valence-electron chi connectivity index (χ1n) is 5.23. The van der Waals surface area contributed by atoms with E-state index in [1.807, 2.05) is 18.7 Å². The Hall–Kier alpha value is -1.42. The van der Waals surface area contributed by atoms with E-state index in [2.05, 4.69) is 11.6 Å². The van der Waals surface area contributed by atoms with E-state index < -0.39 is 5.82 Å². The van der Waals surface area contributed by atoms with Crippen LogP contribution in [0.25, 0.3) is 0 Å². The minimum Gasteiger partial charge on any atom is -0.392 e. The van der Waals surface area contributed by atoms with Crippen molar-refractivity contribution in [2.45, 2.75) is 20.5 Å². The number of hydrogen-bond donors (Lipinski definition) is 1. The molecule has 1 aromatic heterocycles. The smallest absolute Gasteiger partial charge is 0.142 e. The number of aromatic nitrogens is 1. The van der Waals surface area contributed by atoms with Crippen molar-refractivity contribution in [1.29, 1.82) is 0 Å².